The summed E-state index contributed by atoms with van der Waals surface area (Å²) in [7, 11) is 1.70. The van der Waals surface area contributed by atoms with E-state index in [4.69, 9.17) is 16.0 Å². The van der Waals surface area contributed by atoms with E-state index in [1.165, 1.54) is 9.70 Å². The standard InChI is InChI=1S/C16H15ClN4O2/c1-11-15(16(22)20(2)10-14-7-4-8-23-14)19-21(18-11)13-6-3-5-12(17)9-13/h3-9H,10H2,1-2H3. The highest BCUT2D eigenvalue weighted by Crippen LogP contribution is 2.15. The molecule has 7 heteroatoms. The van der Waals surface area contributed by atoms with E-state index in [9.17, 15) is 4.79 Å². The van der Waals surface area contributed by atoms with E-state index in [0.29, 0.717) is 34.4 Å². The molecule has 118 valence electrons. The van der Waals surface area contributed by atoms with Gasteiger partial charge in [0.1, 0.15) is 5.76 Å². The minimum absolute atomic E-state index is 0.216. The number of aryl methyl sites for hydroxylation is 1. The van der Waals surface area contributed by atoms with Crippen molar-refractivity contribution >= 4 is 17.5 Å². The summed E-state index contributed by atoms with van der Waals surface area (Å²) >= 11 is 5.98. The number of hydrogen-bond donors (Lipinski definition) is 0. The number of amides is 1. The Morgan fingerprint density at radius 1 is 1.30 bits per heavy atom. The van der Waals surface area contributed by atoms with Crippen LogP contribution in [-0.2, 0) is 6.54 Å². The van der Waals surface area contributed by atoms with Gasteiger partial charge in [0, 0.05) is 12.1 Å². The minimum Gasteiger partial charge on any atom is -0.467 e. The second kappa shape index (κ2) is 6.26. The Morgan fingerprint density at radius 2 is 2.13 bits per heavy atom. The summed E-state index contributed by atoms with van der Waals surface area (Å²) in [5, 5.41) is 9.18. The van der Waals surface area contributed by atoms with Crippen LogP contribution in [-0.4, -0.2) is 32.8 Å². The number of benzene rings is 1. The average Bonchev–Trinajstić information content (AvgIpc) is 3.16. The molecule has 0 saturated heterocycles. The number of furan rings is 1. The van der Waals surface area contributed by atoms with Crippen LogP contribution in [0.15, 0.2) is 47.1 Å². The molecule has 1 aromatic carbocycles. The number of aromatic nitrogens is 3. The van der Waals surface area contributed by atoms with Gasteiger partial charge in [-0.3, -0.25) is 4.79 Å². The first-order chi connectivity index (χ1) is 11.0. The maximum Gasteiger partial charge on any atom is 0.276 e. The van der Waals surface area contributed by atoms with Gasteiger partial charge in [0.15, 0.2) is 5.69 Å². The molecule has 0 bridgehead atoms. The molecule has 0 unspecified atom stereocenters. The highest BCUT2D eigenvalue weighted by Gasteiger charge is 2.20. The predicted octanol–water partition coefficient (Wildman–Crippen LogP) is 3.09. The lowest BCUT2D eigenvalue weighted by atomic mass is 10.3. The molecule has 0 aliphatic heterocycles. The van der Waals surface area contributed by atoms with E-state index >= 15 is 0 Å². The largest absolute Gasteiger partial charge is 0.467 e. The summed E-state index contributed by atoms with van der Waals surface area (Å²) in [4.78, 5) is 15.5. The van der Waals surface area contributed by atoms with Crippen molar-refractivity contribution in [2.24, 2.45) is 0 Å². The van der Waals surface area contributed by atoms with Crippen LogP contribution in [0.2, 0.25) is 5.02 Å². The Labute approximate surface area is 138 Å². The molecule has 0 fully saturated rings. The molecule has 0 atom stereocenters. The first kappa shape index (κ1) is 15.3. The van der Waals surface area contributed by atoms with Crippen LogP contribution >= 0.6 is 11.6 Å². The summed E-state index contributed by atoms with van der Waals surface area (Å²) < 4.78 is 5.26. The zero-order valence-corrected chi connectivity index (χ0v) is 13.5. The SMILES string of the molecule is Cc1nn(-c2cccc(Cl)c2)nc1C(=O)N(C)Cc1ccco1. The van der Waals surface area contributed by atoms with Gasteiger partial charge in [0.05, 0.1) is 24.2 Å². The van der Waals surface area contributed by atoms with E-state index in [2.05, 4.69) is 10.2 Å². The fraction of sp³-hybridized carbons (Fsp3) is 0.188. The molecule has 3 rings (SSSR count). The predicted molar refractivity (Wildman–Crippen MR) is 85.6 cm³/mol. The molecule has 2 heterocycles. The second-order valence-electron chi connectivity index (χ2n) is 5.14. The van der Waals surface area contributed by atoms with Crippen molar-refractivity contribution in [3.63, 3.8) is 0 Å². The molecule has 3 aromatic rings. The van der Waals surface area contributed by atoms with Gasteiger partial charge >= 0.3 is 0 Å². The van der Waals surface area contributed by atoms with Gasteiger partial charge in [0.2, 0.25) is 0 Å². The number of carbonyl (C=O) groups excluding carboxylic acids is 1. The molecular weight excluding hydrogens is 316 g/mol. The number of hydrogen-bond acceptors (Lipinski definition) is 4. The number of halogens is 1. The Morgan fingerprint density at radius 3 is 2.83 bits per heavy atom. The van der Waals surface area contributed by atoms with Crippen LogP contribution in [0.4, 0.5) is 0 Å². The number of nitrogens with zero attached hydrogens (tertiary/aromatic N) is 4. The summed E-state index contributed by atoms with van der Waals surface area (Å²) in [5.74, 6) is 0.493. The minimum atomic E-state index is -0.216. The molecule has 0 spiro atoms. The zero-order chi connectivity index (χ0) is 16.4. The Bertz CT molecular complexity index is 826. The highest BCUT2D eigenvalue weighted by atomic mass is 35.5. The molecule has 0 N–H and O–H groups in total. The van der Waals surface area contributed by atoms with Crippen molar-refractivity contribution in [1.82, 2.24) is 19.9 Å². The van der Waals surface area contributed by atoms with E-state index < -0.39 is 0 Å². The van der Waals surface area contributed by atoms with Crippen LogP contribution in [0.25, 0.3) is 5.69 Å². The normalized spacial score (nSPS) is 10.7. The van der Waals surface area contributed by atoms with Crippen molar-refractivity contribution in [2.75, 3.05) is 7.05 Å². The summed E-state index contributed by atoms with van der Waals surface area (Å²) in [6.07, 6.45) is 1.58. The highest BCUT2D eigenvalue weighted by molar-refractivity contribution is 6.30. The zero-order valence-electron chi connectivity index (χ0n) is 12.7. The van der Waals surface area contributed by atoms with Gasteiger partial charge < -0.3 is 9.32 Å². The van der Waals surface area contributed by atoms with Gasteiger partial charge in [-0.1, -0.05) is 17.7 Å². The lowest BCUT2D eigenvalue weighted by Gasteiger charge is -2.14. The van der Waals surface area contributed by atoms with E-state index in [-0.39, 0.29) is 5.91 Å². The topological polar surface area (TPSA) is 64.2 Å². The van der Waals surface area contributed by atoms with Crippen LogP contribution in [0.5, 0.6) is 0 Å². The van der Waals surface area contributed by atoms with Gasteiger partial charge in [-0.25, -0.2) is 0 Å². The Kier molecular flexibility index (Phi) is 4.16. The fourth-order valence-corrected chi connectivity index (χ4v) is 2.37. The summed E-state index contributed by atoms with van der Waals surface area (Å²) in [6.45, 7) is 2.12. The number of rotatable bonds is 4. The quantitative estimate of drug-likeness (QED) is 0.737. The molecule has 6 nitrogen and oxygen atoms in total. The van der Waals surface area contributed by atoms with Gasteiger partial charge in [-0.2, -0.15) is 9.90 Å². The van der Waals surface area contributed by atoms with E-state index in [1.807, 2.05) is 12.1 Å². The molecular formula is C16H15ClN4O2. The molecule has 1 amide bonds. The third kappa shape index (κ3) is 3.27. The van der Waals surface area contributed by atoms with E-state index in [1.54, 1.807) is 44.5 Å². The van der Waals surface area contributed by atoms with Crippen molar-refractivity contribution in [2.45, 2.75) is 13.5 Å². The summed E-state index contributed by atoms with van der Waals surface area (Å²) in [5.41, 5.74) is 1.56. The Balaban J connectivity index is 1.84. The molecule has 23 heavy (non-hydrogen) atoms. The van der Waals surface area contributed by atoms with E-state index in [0.717, 1.165) is 0 Å². The first-order valence-electron chi connectivity index (χ1n) is 7.02. The molecule has 0 radical (unpaired) electrons. The van der Waals surface area contributed by atoms with Crippen LogP contribution in [0, 0.1) is 6.92 Å². The number of carbonyl (C=O) groups is 1. The summed E-state index contributed by atoms with van der Waals surface area (Å²) in [6, 6.07) is 10.7. The van der Waals surface area contributed by atoms with Gasteiger partial charge in [-0.15, -0.1) is 5.10 Å². The smallest absolute Gasteiger partial charge is 0.276 e. The fourth-order valence-electron chi connectivity index (χ4n) is 2.18. The average molecular weight is 331 g/mol. The molecule has 0 aliphatic carbocycles. The lowest BCUT2D eigenvalue weighted by molar-refractivity contribution is 0.0768. The molecule has 0 aliphatic rings. The second-order valence-corrected chi connectivity index (χ2v) is 5.58. The maximum atomic E-state index is 12.5. The van der Waals surface area contributed by atoms with Crippen molar-refractivity contribution in [3.05, 3.63) is 64.8 Å². The van der Waals surface area contributed by atoms with Crippen molar-refractivity contribution < 1.29 is 9.21 Å². The van der Waals surface area contributed by atoms with Crippen LogP contribution in [0.1, 0.15) is 21.9 Å². The van der Waals surface area contributed by atoms with Gasteiger partial charge in [0.25, 0.3) is 5.91 Å². The third-order valence-corrected chi connectivity index (χ3v) is 3.58. The first-order valence-corrected chi connectivity index (χ1v) is 7.40. The van der Waals surface area contributed by atoms with Crippen molar-refractivity contribution in [3.8, 4) is 5.69 Å². The lowest BCUT2D eigenvalue weighted by Crippen LogP contribution is -2.27. The van der Waals surface area contributed by atoms with Crippen LogP contribution < -0.4 is 0 Å². The van der Waals surface area contributed by atoms with Crippen LogP contribution in [0.3, 0.4) is 0 Å². The third-order valence-electron chi connectivity index (χ3n) is 3.34. The molecule has 2 aromatic heterocycles. The van der Waals surface area contributed by atoms with Crippen molar-refractivity contribution in [1.29, 1.82) is 0 Å². The molecule has 0 saturated carbocycles. The van der Waals surface area contributed by atoms with Gasteiger partial charge in [-0.05, 0) is 37.3 Å². The maximum absolute atomic E-state index is 12.5. The monoisotopic (exact) mass is 330 g/mol. The Hall–Kier alpha value is -2.60.